The molecular formula is C20H24N2O2. The molecule has 0 spiro atoms. The molecule has 0 radical (unpaired) electrons. The van der Waals surface area contributed by atoms with Crippen LogP contribution in [0.5, 0.6) is 0 Å². The number of nitrogens with one attached hydrogen (secondary N) is 1. The maximum absolute atomic E-state index is 12.0. The van der Waals surface area contributed by atoms with E-state index >= 15 is 0 Å². The van der Waals surface area contributed by atoms with E-state index in [1.165, 1.54) is 12.5 Å². The van der Waals surface area contributed by atoms with Gasteiger partial charge in [-0.2, -0.15) is 0 Å². The summed E-state index contributed by atoms with van der Waals surface area (Å²) < 4.78 is 0. The predicted molar refractivity (Wildman–Crippen MR) is 95.2 cm³/mol. The summed E-state index contributed by atoms with van der Waals surface area (Å²) in [6, 6.07) is 17.8. The highest BCUT2D eigenvalue weighted by atomic mass is 16.2. The maximum atomic E-state index is 12.0. The molecule has 0 aliphatic carbocycles. The van der Waals surface area contributed by atoms with Crippen LogP contribution in [-0.4, -0.2) is 23.3 Å². The van der Waals surface area contributed by atoms with E-state index in [2.05, 4.69) is 11.4 Å². The van der Waals surface area contributed by atoms with Crippen molar-refractivity contribution in [2.75, 3.05) is 6.54 Å². The first kappa shape index (κ1) is 17.7. The smallest absolute Gasteiger partial charge is 0.222 e. The number of carbonyl (C=O) groups excluding carboxylic acids is 2. The molecule has 126 valence electrons. The minimum Gasteiger partial charge on any atom is -0.352 e. The number of hydrogen-bond acceptors (Lipinski definition) is 2. The average molecular weight is 324 g/mol. The third-order valence-electron chi connectivity index (χ3n) is 3.84. The summed E-state index contributed by atoms with van der Waals surface area (Å²) >= 11 is 0. The van der Waals surface area contributed by atoms with Crippen LogP contribution in [0, 0.1) is 6.92 Å². The van der Waals surface area contributed by atoms with Gasteiger partial charge in [0.05, 0.1) is 0 Å². The number of benzene rings is 2. The summed E-state index contributed by atoms with van der Waals surface area (Å²) in [6.45, 7) is 5.03. The van der Waals surface area contributed by atoms with Crippen molar-refractivity contribution in [3.05, 3.63) is 71.3 Å². The number of nitrogens with zero attached hydrogens (tertiary/aromatic N) is 1. The normalized spacial score (nSPS) is 10.2. The summed E-state index contributed by atoms with van der Waals surface area (Å²) in [6.07, 6.45) is 0.304. The van der Waals surface area contributed by atoms with Gasteiger partial charge in [0.1, 0.15) is 0 Å². The first-order valence-corrected chi connectivity index (χ1v) is 8.16. The third kappa shape index (κ3) is 5.88. The van der Waals surface area contributed by atoms with Gasteiger partial charge in [-0.05, 0) is 18.1 Å². The molecule has 0 saturated heterocycles. The molecule has 0 aromatic heterocycles. The van der Waals surface area contributed by atoms with Crippen molar-refractivity contribution >= 4 is 11.8 Å². The van der Waals surface area contributed by atoms with Gasteiger partial charge in [0, 0.05) is 33.0 Å². The van der Waals surface area contributed by atoms with Crippen molar-refractivity contribution in [3.63, 3.8) is 0 Å². The first-order chi connectivity index (χ1) is 11.5. The van der Waals surface area contributed by atoms with E-state index < -0.39 is 0 Å². The van der Waals surface area contributed by atoms with E-state index in [-0.39, 0.29) is 11.8 Å². The first-order valence-electron chi connectivity index (χ1n) is 8.16. The van der Waals surface area contributed by atoms with Crippen LogP contribution < -0.4 is 5.32 Å². The largest absolute Gasteiger partial charge is 0.352 e. The van der Waals surface area contributed by atoms with Gasteiger partial charge in [0.2, 0.25) is 11.8 Å². The monoisotopic (exact) mass is 324 g/mol. The van der Waals surface area contributed by atoms with Crippen LogP contribution in [0.15, 0.2) is 54.6 Å². The number of aryl methyl sites for hydroxylation is 1. The van der Waals surface area contributed by atoms with Crippen molar-refractivity contribution < 1.29 is 9.59 Å². The van der Waals surface area contributed by atoms with Crippen LogP contribution in [0.1, 0.15) is 30.0 Å². The van der Waals surface area contributed by atoms with E-state index in [9.17, 15) is 9.59 Å². The Hall–Kier alpha value is -2.62. The zero-order valence-electron chi connectivity index (χ0n) is 14.3. The lowest BCUT2D eigenvalue weighted by Crippen LogP contribution is -2.33. The molecule has 0 aliphatic heterocycles. The molecule has 24 heavy (non-hydrogen) atoms. The van der Waals surface area contributed by atoms with Gasteiger partial charge in [0.25, 0.3) is 0 Å². The zero-order chi connectivity index (χ0) is 17.4. The summed E-state index contributed by atoms with van der Waals surface area (Å²) in [4.78, 5) is 25.5. The van der Waals surface area contributed by atoms with Crippen molar-refractivity contribution in [2.24, 2.45) is 0 Å². The average Bonchev–Trinajstić information content (AvgIpc) is 2.57. The summed E-state index contributed by atoms with van der Waals surface area (Å²) in [5.74, 6) is -0.0684. The lowest BCUT2D eigenvalue weighted by Gasteiger charge is -2.21. The quantitative estimate of drug-likeness (QED) is 0.851. The molecule has 1 N–H and O–H groups in total. The molecule has 0 unspecified atom stereocenters. The van der Waals surface area contributed by atoms with E-state index in [4.69, 9.17) is 0 Å². The van der Waals surface area contributed by atoms with Gasteiger partial charge in [0.15, 0.2) is 0 Å². The number of carbonyl (C=O) groups is 2. The molecule has 2 aromatic carbocycles. The maximum Gasteiger partial charge on any atom is 0.222 e. The molecule has 0 saturated carbocycles. The highest BCUT2D eigenvalue weighted by Gasteiger charge is 2.11. The molecular weight excluding hydrogens is 300 g/mol. The molecule has 0 bridgehead atoms. The fourth-order valence-corrected chi connectivity index (χ4v) is 2.50. The Morgan fingerprint density at radius 1 is 1.00 bits per heavy atom. The Morgan fingerprint density at radius 3 is 2.38 bits per heavy atom. The van der Waals surface area contributed by atoms with Gasteiger partial charge in [-0.15, -0.1) is 0 Å². The van der Waals surface area contributed by atoms with Crippen LogP contribution >= 0.6 is 0 Å². The summed E-state index contributed by atoms with van der Waals surface area (Å²) in [5, 5.41) is 2.91. The van der Waals surface area contributed by atoms with E-state index in [0.717, 1.165) is 11.1 Å². The molecule has 2 rings (SSSR count). The third-order valence-corrected chi connectivity index (χ3v) is 3.84. The molecule has 4 nitrogen and oxygen atoms in total. The molecule has 0 fully saturated rings. The van der Waals surface area contributed by atoms with E-state index in [1.807, 2.05) is 55.5 Å². The minimum absolute atomic E-state index is 0.0228. The van der Waals surface area contributed by atoms with E-state index in [0.29, 0.717) is 26.1 Å². The fourth-order valence-electron chi connectivity index (χ4n) is 2.50. The zero-order valence-corrected chi connectivity index (χ0v) is 14.3. The Labute approximate surface area is 143 Å². The number of amides is 2. The molecule has 4 heteroatoms. The van der Waals surface area contributed by atoms with Crippen LogP contribution in [0.4, 0.5) is 0 Å². The van der Waals surface area contributed by atoms with Gasteiger partial charge >= 0.3 is 0 Å². The van der Waals surface area contributed by atoms with Gasteiger partial charge < -0.3 is 10.2 Å². The van der Waals surface area contributed by atoms with Crippen molar-refractivity contribution in [1.29, 1.82) is 0 Å². The Balaban J connectivity index is 1.80. The standard InChI is InChI=1S/C20H24N2O2/c1-16-7-6-10-19(13-16)14-21-20(24)11-12-22(17(2)23)15-18-8-4-3-5-9-18/h3-10,13H,11-12,14-15H2,1-2H3,(H,21,24). The highest BCUT2D eigenvalue weighted by Crippen LogP contribution is 2.06. The van der Waals surface area contributed by atoms with Crippen LogP contribution in [-0.2, 0) is 22.7 Å². The second-order valence-corrected chi connectivity index (χ2v) is 5.94. The van der Waals surface area contributed by atoms with Crippen LogP contribution in [0.3, 0.4) is 0 Å². The van der Waals surface area contributed by atoms with Gasteiger partial charge in [-0.1, -0.05) is 60.2 Å². The molecule has 0 heterocycles. The van der Waals surface area contributed by atoms with Crippen molar-refractivity contribution in [3.8, 4) is 0 Å². The number of hydrogen-bond donors (Lipinski definition) is 1. The van der Waals surface area contributed by atoms with Crippen LogP contribution in [0.25, 0.3) is 0 Å². The van der Waals surface area contributed by atoms with E-state index in [1.54, 1.807) is 4.90 Å². The second-order valence-electron chi connectivity index (χ2n) is 5.94. The van der Waals surface area contributed by atoms with Crippen molar-refractivity contribution in [2.45, 2.75) is 33.4 Å². The molecule has 2 aromatic rings. The SMILES string of the molecule is CC(=O)N(CCC(=O)NCc1cccc(C)c1)Cc1ccccc1. The number of rotatable bonds is 7. The molecule has 2 amide bonds. The Morgan fingerprint density at radius 2 is 1.71 bits per heavy atom. The van der Waals surface area contributed by atoms with Gasteiger partial charge in [-0.25, -0.2) is 0 Å². The Kier molecular flexibility index (Phi) is 6.55. The lowest BCUT2D eigenvalue weighted by molar-refractivity contribution is -0.130. The van der Waals surface area contributed by atoms with Gasteiger partial charge in [-0.3, -0.25) is 9.59 Å². The Bertz CT molecular complexity index is 683. The molecule has 0 atom stereocenters. The second kappa shape index (κ2) is 8.87. The highest BCUT2D eigenvalue weighted by molar-refractivity contribution is 5.78. The van der Waals surface area contributed by atoms with Crippen LogP contribution in [0.2, 0.25) is 0 Å². The summed E-state index contributed by atoms with van der Waals surface area (Å²) in [5.41, 5.74) is 3.32. The van der Waals surface area contributed by atoms with Crippen molar-refractivity contribution in [1.82, 2.24) is 10.2 Å². The summed E-state index contributed by atoms with van der Waals surface area (Å²) in [7, 11) is 0. The topological polar surface area (TPSA) is 49.4 Å². The molecule has 0 aliphatic rings. The minimum atomic E-state index is -0.0455. The lowest BCUT2D eigenvalue weighted by atomic mass is 10.1. The fraction of sp³-hybridized carbons (Fsp3) is 0.300. The predicted octanol–water partition coefficient (Wildman–Crippen LogP) is 3.05.